The zero-order valence-electron chi connectivity index (χ0n) is 11.0. The van der Waals surface area contributed by atoms with Gasteiger partial charge in [0.1, 0.15) is 0 Å². The molecule has 0 aliphatic rings. The first-order valence-corrected chi connectivity index (χ1v) is 7.53. The van der Waals surface area contributed by atoms with Crippen molar-refractivity contribution in [2.75, 3.05) is 6.26 Å². The van der Waals surface area contributed by atoms with Crippen molar-refractivity contribution in [3.8, 4) is 0 Å². The first-order valence-electron chi connectivity index (χ1n) is 6.31. The Bertz CT molecular complexity index is 313. The summed E-state index contributed by atoms with van der Waals surface area (Å²) in [5.41, 5.74) is 2.98. The molecule has 0 nitrogen and oxygen atoms in total. The predicted octanol–water partition coefficient (Wildman–Crippen LogP) is 5.02. The number of thioether (sulfide) groups is 1. The van der Waals surface area contributed by atoms with Gasteiger partial charge >= 0.3 is 0 Å². The lowest BCUT2D eigenvalue weighted by molar-refractivity contribution is 0.664. The largest absolute Gasteiger partial charge is 0.154 e. The monoisotopic (exact) mass is 236 g/mol. The Morgan fingerprint density at radius 3 is 2.56 bits per heavy atom. The second-order valence-electron chi connectivity index (χ2n) is 4.59. The Balaban J connectivity index is 2.88. The molecule has 0 saturated heterocycles. The van der Waals surface area contributed by atoms with Crippen LogP contribution in [0.1, 0.15) is 51.2 Å². The molecule has 0 saturated carbocycles. The van der Waals surface area contributed by atoms with Crippen molar-refractivity contribution < 1.29 is 0 Å². The minimum absolute atomic E-state index is 0.280. The van der Waals surface area contributed by atoms with Crippen molar-refractivity contribution in [2.24, 2.45) is 0 Å². The molecule has 1 rings (SSSR count). The second kappa shape index (κ2) is 6.34. The molecule has 0 radical (unpaired) electrons. The van der Waals surface area contributed by atoms with Crippen LogP contribution < -0.4 is 0 Å². The molecule has 1 unspecified atom stereocenters. The van der Waals surface area contributed by atoms with E-state index in [9.17, 15) is 0 Å². The summed E-state index contributed by atoms with van der Waals surface area (Å²) < 4.78 is 0.280. The average Bonchev–Trinajstić information content (AvgIpc) is 2.35. The number of unbranched alkanes of at least 4 members (excludes halogenated alkanes) is 1. The molecule has 1 aromatic rings. The minimum atomic E-state index is 0.280. The average molecular weight is 236 g/mol. The minimum Gasteiger partial charge on any atom is -0.154 e. The molecular weight excluding hydrogens is 212 g/mol. The molecule has 0 heterocycles. The van der Waals surface area contributed by atoms with Gasteiger partial charge < -0.3 is 0 Å². The van der Waals surface area contributed by atoms with E-state index in [0.29, 0.717) is 0 Å². The lowest BCUT2D eigenvalue weighted by atomic mass is 9.94. The fourth-order valence-electron chi connectivity index (χ4n) is 1.90. The summed E-state index contributed by atoms with van der Waals surface area (Å²) in [6.45, 7) is 6.87. The van der Waals surface area contributed by atoms with E-state index in [1.165, 1.54) is 36.8 Å². The SMILES string of the molecule is CCCCc1cccc(C(C)(CC)SC)c1. The van der Waals surface area contributed by atoms with Crippen LogP contribution in [-0.4, -0.2) is 6.26 Å². The molecule has 1 aromatic carbocycles. The van der Waals surface area contributed by atoms with Crippen molar-refractivity contribution in [3.63, 3.8) is 0 Å². The first-order chi connectivity index (χ1) is 7.66. The molecular formula is C15H24S. The summed E-state index contributed by atoms with van der Waals surface area (Å²) in [5.74, 6) is 0. The van der Waals surface area contributed by atoms with E-state index in [0.717, 1.165) is 0 Å². The highest BCUT2D eigenvalue weighted by Gasteiger charge is 2.22. The van der Waals surface area contributed by atoms with E-state index in [4.69, 9.17) is 0 Å². The van der Waals surface area contributed by atoms with Crippen molar-refractivity contribution >= 4 is 11.8 Å². The van der Waals surface area contributed by atoms with E-state index in [2.05, 4.69) is 51.3 Å². The van der Waals surface area contributed by atoms with Crippen molar-refractivity contribution in [1.82, 2.24) is 0 Å². The van der Waals surface area contributed by atoms with Gasteiger partial charge in [-0.2, -0.15) is 11.8 Å². The van der Waals surface area contributed by atoms with E-state index in [1.807, 2.05) is 11.8 Å². The smallest absolute Gasteiger partial charge is 0.0375 e. The first kappa shape index (κ1) is 13.6. The molecule has 1 atom stereocenters. The molecule has 0 fully saturated rings. The lowest BCUT2D eigenvalue weighted by Gasteiger charge is -2.27. The number of hydrogen-bond acceptors (Lipinski definition) is 1. The molecule has 90 valence electrons. The van der Waals surface area contributed by atoms with Crippen LogP contribution in [0.2, 0.25) is 0 Å². The van der Waals surface area contributed by atoms with Gasteiger partial charge in [0.05, 0.1) is 0 Å². The Hall–Kier alpha value is -0.430. The van der Waals surface area contributed by atoms with Gasteiger partial charge in [0, 0.05) is 4.75 Å². The topological polar surface area (TPSA) is 0 Å². The molecule has 0 N–H and O–H groups in total. The van der Waals surface area contributed by atoms with Gasteiger partial charge in [-0.25, -0.2) is 0 Å². The Kier molecular flexibility index (Phi) is 5.40. The van der Waals surface area contributed by atoms with Gasteiger partial charge in [0.2, 0.25) is 0 Å². The summed E-state index contributed by atoms with van der Waals surface area (Å²) in [6.07, 6.45) is 7.19. The van der Waals surface area contributed by atoms with Crippen LogP contribution in [0.25, 0.3) is 0 Å². The molecule has 0 aromatic heterocycles. The highest BCUT2D eigenvalue weighted by Crippen LogP contribution is 2.37. The van der Waals surface area contributed by atoms with E-state index in [1.54, 1.807) is 0 Å². The summed E-state index contributed by atoms with van der Waals surface area (Å²) in [6, 6.07) is 9.14. The molecule has 0 bridgehead atoms. The van der Waals surface area contributed by atoms with Crippen molar-refractivity contribution in [3.05, 3.63) is 35.4 Å². The van der Waals surface area contributed by atoms with Crippen molar-refractivity contribution in [1.29, 1.82) is 0 Å². The van der Waals surface area contributed by atoms with E-state index < -0.39 is 0 Å². The Morgan fingerprint density at radius 1 is 1.25 bits per heavy atom. The van der Waals surface area contributed by atoms with Crippen LogP contribution in [0.3, 0.4) is 0 Å². The zero-order chi connectivity index (χ0) is 12.0. The molecule has 16 heavy (non-hydrogen) atoms. The van der Waals surface area contributed by atoms with Gasteiger partial charge in [-0.05, 0) is 43.6 Å². The highest BCUT2D eigenvalue weighted by atomic mass is 32.2. The van der Waals surface area contributed by atoms with Crippen molar-refractivity contribution in [2.45, 2.75) is 51.2 Å². The molecule has 0 amide bonds. The van der Waals surface area contributed by atoms with Gasteiger partial charge in [-0.3, -0.25) is 0 Å². The third-order valence-electron chi connectivity index (χ3n) is 3.48. The molecule has 0 aliphatic carbocycles. The van der Waals surface area contributed by atoms with Gasteiger partial charge in [0.25, 0.3) is 0 Å². The fraction of sp³-hybridized carbons (Fsp3) is 0.600. The summed E-state index contributed by atoms with van der Waals surface area (Å²) >= 11 is 1.96. The van der Waals surface area contributed by atoms with Crippen LogP contribution in [0, 0.1) is 0 Å². The molecule has 0 spiro atoms. The Labute approximate surface area is 105 Å². The van der Waals surface area contributed by atoms with Crippen LogP contribution in [0.4, 0.5) is 0 Å². The van der Waals surface area contributed by atoms with E-state index in [-0.39, 0.29) is 4.75 Å². The third kappa shape index (κ3) is 3.28. The maximum Gasteiger partial charge on any atom is 0.0375 e. The van der Waals surface area contributed by atoms with Gasteiger partial charge in [0.15, 0.2) is 0 Å². The number of aryl methyl sites for hydroxylation is 1. The lowest BCUT2D eigenvalue weighted by Crippen LogP contribution is -2.15. The predicted molar refractivity (Wildman–Crippen MR) is 76.2 cm³/mol. The zero-order valence-corrected chi connectivity index (χ0v) is 11.9. The maximum absolute atomic E-state index is 2.40. The normalized spacial score (nSPS) is 14.8. The molecule has 0 aliphatic heterocycles. The number of hydrogen-bond donors (Lipinski definition) is 0. The fourth-order valence-corrected chi connectivity index (χ4v) is 2.55. The second-order valence-corrected chi connectivity index (χ2v) is 5.90. The number of rotatable bonds is 6. The quantitative estimate of drug-likeness (QED) is 0.668. The standard InChI is InChI=1S/C15H24S/c1-5-7-9-13-10-8-11-14(12-13)15(3,6-2)16-4/h8,10-12H,5-7,9H2,1-4H3. The van der Waals surface area contributed by atoms with Crippen LogP contribution in [-0.2, 0) is 11.2 Å². The molecule has 1 heteroatoms. The summed E-state index contributed by atoms with van der Waals surface area (Å²) in [5, 5.41) is 0. The third-order valence-corrected chi connectivity index (χ3v) is 4.91. The Morgan fingerprint density at radius 2 is 2.00 bits per heavy atom. The van der Waals surface area contributed by atoms with Gasteiger partial charge in [-0.15, -0.1) is 0 Å². The van der Waals surface area contributed by atoms with Crippen LogP contribution in [0.5, 0.6) is 0 Å². The van der Waals surface area contributed by atoms with Crippen LogP contribution >= 0.6 is 11.8 Å². The van der Waals surface area contributed by atoms with Gasteiger partial charge in [-0.1, -0.05) is 44.5 Å². The summed E-state index contributed by atoms with van der Waals surface area (Å²) in [4.78, 5) is 0. The number of benzene rings is 1. The van der Waals surface area contributed by atoms with E-state index >= 15 is 0 Å². The maximum atomic E-state index is 2.40. The highest BCUT2D eigenvalue weighted by molar-refractivity contribution is 7.99. The van der Waals surface area contributed by atoms with Crippen LogP contribution in [0.15, 0.2) is 24.3 Å². The summed E-state index contributed by atoms with van der Waals surface area (Å²) in [7, 11) is 0.